The van der Waals surface area contributed by atoms with Gasteiger partial charge < -0.3 is 10.0 Å². The van der Waals surface area contributed by atoms with E-state index in [4.69, 9.17) is 5.11 Å². The summed E-state index contributed by atoms with van der Waals surface area (Å²) in [7, 11) is 0. The van der Waals surface area contributed by atoms with Gasteiger partial charge in [0.25, 0.3) is 0 Å². The lowest BCUT2D eigenvalue weighted by Crippen LogP contribution is -2.42. The molecule has 0 spiro atoms. The first-order chi connectivity index (χ1) is 9.49. The number of aryl methyl sites for hydroxylation is 1. The third-order valence-electron chi connectivity index (χ3n) is 3.84. The van der Waals surface area contributed by atoms with Gasteiger partial charge in [-0.1, -0.05) is 36.8 Å². The van der Waals surface area contributed by atoms with Crippen molar-refractivity contribution in [2.45, 2.75) is 38.5 Å². The Morgan fingerprint density at radius 1 is 1.35 bits per heavy atom. The molecule has 0 aromatic heterocycles. The molecule has 0 heterocycles. The van der Waals surface area contributed by atoms with Crippen molar-refractivity contribution in [3.63, 3.8) is 0 Å². The average molecular weight is 275 g/mol. The van der Waals surface area contributed by atoms with Crippen LogP contribution < -0.4 is 0 Å². The quantitative estimate of drug-likeness (QED) is 0.867. The summed E-state index contributed by atoms with van der Waals surface area (Å²) in [5, 5.41) is 8.97. The van der Waals surface area contributed by atoms with Crippen molar-refractivity contribution in [2.24, 2.45) is 0 Å². The van der Waals surface area contributed by atoms with Crippen LogP contribution in [0.1, 0.15) is 37.3 Å². The van der Waals surface area contributed by atoms with Gasteiger partial charge in [0.15, 0.2) is 0 Å². The van der Waals surface area contributed by atoms with Crippen LogP contribution >= 0.6 is 0 Å². The normalized spacial score (nSPS) is 15.7. The van der Waals surface area contributed by atoms with Crippen LogP contribution in [0.4, 0.5) is 0 Å². The van der Waals surface area contributed by atoms with Crippen molar-refractivity contribution < 1.29 is 14.7 Å². The molecule has 0 radical (unpaired) electrons. The maximum atomic E-state index is 12.7. The largest absolute Gasteiger partial charge is 0.480 e. The summed E-state index contributed by atoms with van der Waals surface area (Å²) in [6, 6.07) is 7.98. The number of aliphatic carboxylic acids is 1. The molecule has 1 aromatic rings. The summed E-state index contributed by atoms with van der Waals surface area (Å²) in [4.78, 5) is 25.1. The molecule has 0 saturated heterocycles. The Morgan fingerprint density at radius 2 is 2.05 bits per heavy atom. The first-order valence-corrected chi connectivity index (χ1v) is 7.08. The van der Waals surface area contributed by atoms with E-state index in [2.05, 4.69) is 0 Å². The van der Waals surface area contributed by atoms with Crippen molar-refractivity contribution in [3.8, 4) is 0 Å². The number of carboxylic acids is 1. The molecular formula is C16H21NO3. The van der Waals surface area contributed by atoms with Gasteiger partial charge in [0.1, 0.15) is 6.54 Å². The van der Waals surface area contributed by atoms with E-state index >= 15 is 0 Å². The second-order valence-electron chi connectivity index (χ2n) is 5.57. The zero-order valence-electron chi connectivity index (χ0n) is 12.1. The fourth-order valence-electron chi connectivity index (χ4n) is 2.68. The molecule has 1 aromatic carbocycles. The Morgan fingerprint density at radius 3 is 2.55 bits per heavy atom. The zero-order valence-corrected chi connectivity index (χ0v) is 12.1. The van der Waals surface area contributed by atoms with E-state index < -0.39 is 11.4 Å². The van der Waals surface area contributed by atoms with Gasteiger partial charge in [0.05, 0.1) is 5.41 Å². The lowest BCUT2D eigenvalue weighted by molar-refractivity contribution is -0.145. The third-order valence-corrected chi connectivity index (χ3v) is 3.84. The van der Waals surface area contributed by atoms with E-state index in [9.17, 15) is 9.59 Å². The topological polar surface area (TPSA) is 57.6 Å². The monoisotopic (exact) mass is 275 g/mol. The maximum Gasteiger partial charge on any atom is 0.323 e. The van der Waals surface area contributed by atoms with Gasteiger partial charge >= 0.3 is 5.97 Å². The van der Waals surface area contributed by atoms with Gasteiger partial charge in [-0.05, 0) is 31.7 Å². The number of carbonyl (C=O) groups is 2. The minimum Gasteiger partial charge on any atom is -0.480 e. The average Bonchev–Trinajstić information content (AvgIpc) is 3.18. The molecule has 0 aliphatic heterocycles. The highest BCUT2D eigenvalue weighted by molar-refractivity contribution is 5.93. The molecule has 1 amide bonds. The van der Waals surface area contributed by atoms with Crippen LogP contribution in [0.2, 0.25) is 0 Å². The second-order valence-corrected chi connectivity index (χ2v) is 5.57. The van der Waals surface area contributed by atoms with Crippen LogP contribution in [-0.2, 0) is 15.0 Å². The molecule has 108 valence electrons. The minimum absolute atomic E-state index is 0.0349. The van der Waals surface area contributed by atoms with Gasteiger partial charge in [-0.25, -0.2) is 0 Å². The van der Waals surface area contributed by atoms with Crippen LogP contribution in [0.5, 0.6) is 0 Å². The van der Waals surface area contributed by atoms with E-state index in [1.165, 1.54) is 4.90 Å². The van der Waals surface area contributed by atoms with Gasteiger partial charge in [-0.15, -0.1) is 0 Å². The highest BCUT2D eigenvalue weighted by Crippen LogP contribution is 2.49. The lowest BCUT2D eigenvalue weighted by Gasteiger charge is -2.26. The van der Waals surface area contributed by atoms with Gasteiger partial charge in [-0.3, -0.25) is 9.59 Å². The second kappa shape index (κ2) is 5.65. The van der Waals surface area contributed by atoms with Crippen LogP contribution in [-0.4, -0.2) is 35.0 Å². The molecule has 1 aliphatic rings. The Kier molecular flexibility index (Phi) is 4.12. The molecule has 2 rings (SSSR count). The molecule has 1 N–H and O–H groups in total. The van der Waals surface area contributed by atoms with Gasteiger partial charge in [0.2, 0.25) is 5.91 Å². The molecule has 4 nitrogen and oxygen atoms in total. The van der Waals surface area contributed by atoms with Crippen molar-refractivity contribution in [2.75, 3.05) is 13.1 Å². The summed E-state index contributed by atoms with van der Waals surface area (Å²) in [5.74, 6) is -0.987. The Balaban J connectivity index is 2.24. The van der Waals surface area contributed by atoms with Crippen LogP contribution in [0.3, 0.4) is 0 Å². The predicted molar refractivity (Wildman–Crippen MR) is 76.6 cm³/mol. The molecule has 0 bridgehead atoms. The molecule has 4 heteroatoms. The number of carboxylic acid groups (broad SMARTS) is 1. The lowest BCUT2D eigenvalue weighted by atomic mass is 9.93. The smallest absolute Gasteiger partial charge is 0.323 e. The first kappa shape index (κ1) is 14.6. The van der Waals surface area contributed by atoms with E-state index in [0.29, 0.717) is 6.54 Å². The minimum atomic E-state index is -0.952. The van der Waals surface area contributed by atoms with Crippen LogP contribution in [0, 0.1) is 6.92 Å². The maximum absolute atomic E-state index is 12.7. The van der Waals surface area contributed by atoms with Gasteiger partial charge in [0, 0.05) is 6.54 Å². The summed E-state index contributed by atoms with van der Waals surface area (Å²) in [6.45, 7) is 4.25. The predicted octanol–water partition coefficient (Wildman–Crippen LogP) is 2.35. The Labute approximate surface area is 119 Å². The number of nitrogens with zero attached hydrogens (tertiary/aromatic N) is 1. The van der Waals surface area contributed by atoms with Crippen molar-refractivity contribution >= 4 is 11.9 Å². The highest BCUT2D eigenvalue weighted by atomic mass is 16.4. The van der Waals surface area contributed by atoms with Crippen LogP contribution in [0.15, 0.2) is 24.3 Å². The van der Waals surface area contributed by atoms with Crippen molar-refractivity contribution in [3.05, 3.63) is 35.4 Å². The summed E-state index contributed by atoms with van der Waals surface area (Å²) < 4.78 is 0. The van der Waals surface area contributed by atoms with E-state index in [1.54, 1.807) is 0 Å². The standard InChI is InChI=1S/C16H21NO3/c1-3-9-17(11-14(18)19)15(20)16(7-8-16)13-6-4-5-12(2)10-13/h4-6,10H,3,7-9,11H2,1-2H3,(H,18,19). The highest BCUT2D eigenvalue weighted by Gasteiger charge is 2.53. The number of hydrogen-bond acceptors (Lipinski definition) is 2. The zero-order chi connectivity index (χ0) is 14.8. The van der Waals surface area contributed by atoms with Crippen LogP contribution in [0.25, 0.3) is 0 Å². The Hall–Kier alpha value is -1.84. The van der Waals surface area contributed by atoms with E-state index in [-0.39, 0.29) is 12.5 Å². The van der Waals surface area contributed by atoms with Crippen molar-refractivity contribution in [1.29, 1.82) is 0 Å². The molecule has 1 saturated carbocycles. The van der Waals surface area contributed by atoms with Gasteiger partial charge in [-0.2, -0.15) is 0 Å². The van der Waals surface area contributed by atoms with E-state index in [1.807, 2.05) is 38.1 Å². The number of benzene rings is 1. The SMILES string of the molecule is CCCN(CC(=O)O)C(=O)C1(c2cccc(C)c2)CC1. The summed E-state index contributed by atoms with van der Waals surface area (Å²) in [6.07, 6.45) is 2.40. The number of carbonyl (C=O) groups excluding carboxylic acids is 1. The fraction of sp³-hybridized carbons (Fsp3) is 0.500. The molecule has 1 fully saturated rings. The molecule has 0 unspecified atom stereocenters. The molecular weight excluding hydrogens is 254 g/mol. The number of rotatable bonds is 6. The molecule has 0 atom stereocenters. The Bertz CT molecular complexity index is 520. The molecule has 1 aliphatic carbocycles. The summed E-state index contributed by atoms with van der Waals surface area (Å²) >= 11 is 0. The molecule has 20 heavy (non-hydrogen) atoms. The first-order valence-electron chi connectivity index (χ1n) is 7.08. The number of hydrogen-bond donors (Lipinski definition) is 1. The number of amides is 1. The van der Waals surface area contributed by atoms with E-state index in [0.717, 1.165) is 30.4 Å². The van der Waals surface area contributed by atoms with Crippen molar-refractivity contribution in [1.82, 2.24) is 4.90 Å². The fourth-order valence-corrected chi connectivity index (χ4v) is 2.68. The summed E-state index contributed by atoms with van der Waals surface area (Å²) in [5.41, 5.74) is 1.67. The third kappa shape index (κ3) is 2.84.